The Hall–Kier alpha value is -1.15. The van der Waals surface area contributed by atoms with E-state index in [9.17, 15) is 0 Å². The summed E-state index contributed by atoms with van der Waals surface area (Å²) in [5, 5.41) is 0.463. The van der Waals surface area contributed by atoms with Crippen LogP contribution < -0.4 is 0 Å². The minimum atomic E-state index is 0.463. The maximum Gasteiger partial charge on any atom is 0.197 e. The lowest BCUT2D eigenvalue weighted by molar-refractivity contribution is 0.489. The van der Waals surface area contributed by atoms with Crippen LogP contribution in [0.1, 0.15) is 11.1 Å². The van der Waals surface area contributed by atoms with Crippen molar-refractivity contribution in [1.82, 2.24) is 0 Å². The molecule has 2 heteroatoms. The van der Waals surface area contributed by atoms with Crippen LogP contribution in [0, 0.1) is 6.92 Å². The van der Waals surface area contributed by atoms with Crippen LogP contribution in [0.2, 0.25) is 0 Å². The lowest BCUT2D eigenvalue weighted by atomic mass is 10.2. The van der Waals surface area contributed by atoms with Crippen LogP contribution in [-0.2, 0) is 4.74 Å². The zero-order chi connectivity index (χ0) is 8.97. The molecule has 0 aliphatic rings. The molecule has 1 aromatic carbocycles. The van der Waals surface area contributed by atoms with Crippen LogP contribution in [0.3, 0.4) is 0 Å². The quantitative estimate of drug-likeness (QED) is 0.508. The van der Waals surface area contributed by atoms with E-state index in [2.05, 4.69) is 6.58 Å². The van der Waals surface area contributed by atoms with E-state index in [1.807, 2.05) is 31.2 Å². The Morgan fingerprint density at radius 3 is 2.50 bits per heavy atom. The van der Waals surface area contributed by atoms with E-state index in [-0.39, 0.29) is 0 Å². The molecule has 0 aliphatic carbocycles. The Morgan fingerprint density at radius 2 is 2.00 bits per heavy atom. The standard InChI is InChI=1S/C10H10OS/c1-3-11-10(12)9-6-4-8(2)5-7-9/h3-7H,1H2,2H3. The fraction of sp³-hybridized carbons (Fsp3) is 0.100. The lowest BCUT2D eigenvalue weighted by Crippen LogP contribution is -1.97. The van der Waals surface area contributed by atoms with Crippen molar-refractivity contribution in [1.29, 1.82) is 0 Å². The van der Waals surface area contributed by atoms with Gasteiger partial charge in [0.05, 0.1) is 6.26 Å². The minimum absolute atomic E-state index is 0.463. The minimum Gasteiger partial charge on any atom is -0.453 e. The van der Waals surface area contributed by atoms with Crippen LogP contribution >= 0.6 is 12.2 Å². The average molecular weight is 178 g/mol. The first-order valence-electron chi connectivity index (χ1n) is 3.62. The van der Waals surface area contributed by atoms with E-state index in [1.165, 1.54) is 11.8 Å². The summed E-state index contributed by atoms with van der Waals surface area (Å²) in [4.78, 5) is 0. The van der Waals surface area contributed by atoms with Gasteiger partial charge in [-0.05, 0) is 19.1 Å². The second-order valence-corrected chi connectivity index (χ2v) is 2.81. The van der Waals surface area contributed by atoms with Crippen LogP contribution in [0.4, 0.5) is 0 Å². The predicted molar refractivity (Wildman–Crippen MR) is 54.2 cm³/mol. The number of hydrogen-bond donors (Lipinski definition) is 0. The predicted octanol–water partition coefficient (Wildman–Crippen LogP) is 2.83. The van der Waals surface area contributed by atoms with Gasteiger partial charge in [0, 0.05) is 5.56 Å². The van der Waals surface area contributed by atoms with Crippen molar-refractivity contribution in [2.45, 2.75) is 6.92 Å². The second-order valence-electron chi connectivity index (χ2n) is 2.44. The molecule has 0 aromatic heterocycles. The van der Waals surface area contributed by atoms with Crippen molar-refractivity contribution in [2.75, 3.05) is 0 Å². The van der Waals surface area contributed by atoms with E-state index >= 15 is 0 Å². The molecule has 0 bridgehead atoms. The Labute approximate surface area is 77.7 Å². The van der Waals surface area contributed by atoms with Gasteiger partial charge in [0.15, 0.2) is 5.05 Å². The third-order valence-corrected chi connectivity index (χ3v) is 1.81. The number of aryl methyl sites for hydroxylation is 1. The molecule has 0 aliphatic heterocycles. The normalized spacial score (nSPS) is 9.08. The van der Waals surface area contributed by atoms with Gasteiger partial charge in [-0.3, -0.25) is 0 Å². The van der Waals surface area contributed by atoms with Crippen molar-refractivity contribution < 1.29 is 4.74 Å². The smallest absolute Gasteiger partial charge is 0.197 e. The van der Waals surface area contributed by atoms with E-state index in [1.54, 1.807) is 0 Å². The Bertz CT molecular complexity index is 287. The van der Waals surface area contributed by atoms with Gasteiger partial charge in [-0.2, -0.15) is 0 Å². The van der Waals surface area contributed by atoms with Crippen LogP contribution in [0.15, 0.2) is 37.1 Å². The van der Waals surface area contributed by atoms with Crippen LogP contribution in [-0.4, -0.2) is 5.05 Å². The molecule has 0 saturated carbocycles. The second kappa shape index (κ2) is 4.02. The van der Waals surface area contributed by atoms with Gasteiger partial charge in [0.2, 0.25) is 0 Å². The summed E-state index contributed by atoms with van der Waals surface area (Å²) in [7, 11) is 0. The summed E-state index contributed by atoms with van der Waals surface area (Å²) in [6.45, 7) is 5.46. The largest absolute Gasteiger partial charge is 0.453 e. The summed E-state index contributed by atoms with van der Waals surface area (Å²) in [6, 6.07) is 7.85. The Balaban J connectivity index is 2.82. The topological polar surface area (TPSA) is 9.23 Å². The number of ether oxygens (including phenoxy) is 1. The van der Waals surface area contributed by atoms with Crippen molar-refractivity contribution in [2.24, 2.45) is 0 Å². The molecule has 0 amide bonds. The monoisotopic (exact) mass is 178 g/mol. The maximum atomic E-state index is 4.97. The van der Waals surface area contributed by atoms with E-state index in [0.717, 1.165) is 5.56 Å². The highest BCUT2D eigenvalue weighted by Crippen LogP contribution is 2.05. The number of rotatable bonds is 2. The van der Waals surface area contributed by atoms with Gasteiger partial charge in [-0.15, -0.1) is 0 Å². The van der Waals surface area contributed by atoms with Crippen molar-refractivity contribution in [3.05, 3.63) is 48.2 Å². The van der Waals surface area contributed by atoms with Crippen molar-refractivity contribution in [3.8, 4) is 0 Å². The first-order chi connectivity index (χ1) is 5.74. The summed E-state index contributed by atoms with van der Waals surface area (Å²) in [6.07, 6.45) is 1.34. The molecule has 0 heterocycles. The number of benzene rings is 1. The van der Waals surface area contributed by atoms with Crippen molar-refractivity contribution >= 4 is 17.3 Å². The van der Waals surface area contributed by atoms with Crippen LogP contribution in [0.25, 0.3) is 0 Å². The highest BCUT2D eigenvalue weighted by molar-refractivity contribution is 7.80. The SMILES string of the molecule is C=COC(=S)c1ccc(C)cc1. The van der Waals surface area contributed by atoms with Gasteiger partial charge in [0.25, 0.3) is 0 Å². The fourth-order valence-electron chi connectivity index (χ4n) is 0.833. The third kappa shape index (κ3) is 2.17. The molecule has 0 saturated heterocycles. The molecule has 0 spiro atoms. The first kappa shape index (κ1) is 8.94. The molecular weight excluding hydrogens is 168 g/mol. The highest BCUT2D eigenvalue weighted by Gasteiger charge is 1.98. The van der Waals surface area contributed by atoms with E-state index in [0.29, 0.717) is 5.05 Å². The first-order valence-corrected chi connectivity index (χ1v) is 4.03. The zero-order valence-electron chi connectivity index (χ0n) is 6.91. The molecule has 0 fully saturated rings. The van der Waals surface area contributed by atoms with Gasteiger partial charge < -0.3 is 4.74 Å². The fourth-order valence-corrected chi connectivity index (χ4v) is 1.04. The Morgan fingerprint density at radius 1 is 1.42 bits per heavy atom. The molecule has 0 N–H and O–H groups in total. The highest BCUT2D eigenvalue weighted by atomic mass is 32.1. The summed E-state index contributed by atoms with van der Waals surface area (Å²) < 4.78 is 4.96. The van der Waals surface area contributed by atoms with Crippen LogP contribution in [0.5, 0.6) is 0 Å². The Kier molecular flexibility index (Phi) is 3.00. The van der Waals surface area contributed by atoms with Gasteiger partial charge in [-0.25, -0.2) is 0 Å². The molecule has 0 radical (unpaired) electrons. The zero-order valence-corrected chi connectivity index (χ0v) is 7.73. The number of thiocarbonyl (C=S) groups is 1. The molecule has 62 valence electrons. The average Bonchev–Trinajstić information content (AvgIpc) is 2.06. The van der Waals surface area contributed by atoms with E-state index < -0.39 is 0 Å². The molecule has 0 unspecified atom stereocenters. The summed E-state index contributed by atoms with van der Waals surface area (Å²) in [5.41, 5.74) is 2.12. The van der Waals surface area contributed by atoms with Crippen molar-refractivity contribution in [3.63, 3.8) is 0 Å². The molecular formula is C10H10OS. The molecule has 1 rings (SSSR count). The summed E-state index contributed by atoms with van der Waals surface area (Å²) >= 11 is 4.97. The molecule has 12 heavy (non-hydrogen) atoms. The maximum absolute atomic E-state index is 4.97. The molecule has 1 nitrogen and oxygen atoms in total. The van der Waals surface area contributed by atoms with E-state index in [4.69, 9.17) is 17.0 Å². The van der Waals surface area contributed by atoms with Gasteiger partial charge >= 0.3 is 0 Å². The summed E-state index contributed by atoms with van der Waals surface area (Å²) in [5.74, 6) is 0. The van der Waals surface area contributed by atoms with Gasteiger partial charge in [0.1, 0.15) is 0 Å². The molecule has 1 aromatic rings. The molecule has 0 atom stereocenters. The van der Waals surface area contributed by atoms with Gasteiger partial charge in [-0.1, -0.05) is 36.4 Å². The third-order valence-electron chi connectivity index (χ3n) is 1.48. The lowest BCUT2D eigenvalue weighted by Gasteiger charge is -2.01. The number of hydrogen-bond acceptors (Lipinski definition) is 2.